The van der Waals surface area contributed by atoms with Crippen molar-refractivity contribution in [3.63, 3.8) is 0 Å². The highest BCUT2D eigenvalue weighted by atomic mass is 35.5. The number of halogens is 2. The van der Waals surface area contributed by atoms with E-state index in [0.717, 1.165) is 0 Å². The molecule has 3 nitrogen and oxygen atoms in total. The van der Waals surface area contributed by atoms with Crippen LogP contribution >= 0.6 is 11.6 Å². The molecule has 0 atom stereocenters. The lowest BCUT2D eigenvalue weighted by Gasteiger charge is -1.97. The van der Waals surface area contributed by atoms with Crippen LogP contribution in [0.4, 0.5) is 4.39 Å². The third kappa shape index (κ3) is 3.67. The van der Waals surface area contributed by atoms with Gasteiger partial charge in [-0.2, -0.15) is 4.39 Å². The Morgan fingerprint density at radius 2 is 2.47 bits per heavy atom. The average Bonchev–Trinajstić information content (AvgIpc) is 2.23. The van der Waals surface area contributed by atoms with Gasteiger partial charge in [0.25, 0.3) is 0 Å². The number of carbonyl (C=O) groups is 1. The molecule has 0 saturated carbocycles. The van der Waals surface area contributed by atoms with Gasteiger partial charge in [-0.15, -0.1) is 0 Å². The third-order valence-corrected chi connectivity index (χ3v) is 1.98. The Morgan fingerprint density at radius 3 is 3.13 bits per heavy atom. The second kappa shape index (κ2) is 5.46. The van der Waals surface area contributed by atoms with Gasteiger partial charge in [-0.05, 0) is 5.56 Å². The zero-order chi connectivity index (χ0) is 11.3. The minimum atomic E-state index is -0.614. The number of hydrogen-bond acceptors (Lipinski definition) is 3. The van der Waals surface area contributed by atoms with E-state index in [9.17, 15) is 9.18 Å². The normalized spacial score (nSPS) is 10.6. The van der Waals surface area contributed by atoms with Gasteiger partial charge in [-0.25, -0.2) is 4.98 Å². The van der Waals surface area contributed by atoms with Crippen molar-refractivity contribution in [1.29, 1.82) is 0 Å². The first-order chi connectivity index (χ1) is 7.13. The summed E-state index contributed by atoms with van der Waals surface area (Å²) in [6, 6.07) is 1.19. The van der Waals surface area contributed by atoms with Crippen molar-refractivity contribution in [1.82, 2.24) is 4.98 Å². The number of pyridine rings is 1. The molecule has 0 aliphatic heterocycles. The van der Waals surface area contributed by atoms with E-state index in [1.807, 2.05) is 0 Å². The highest BCUT2D eigenvalue weighted by molar-refractivity contribution is 6.31. The molecule has 1 aromatic heterocycles. The standard InChI is InChI=1S/C10H9ClFNO2/c1-15-10(14)4-2-3-7-5-9(12)13-6-8(7)11/h2-3,5-6H,4H2,1H3. The average molecular weight is 230 g/mol. The lowest BCUT2D eigenvalue weighted by atomic mass is 10.2. The van der Waals surface area contributed by atoms with Crippen molar-refractivity contribution in [2.75, 3.05) is 7.11 Å². The van der Waals surface area contributed by atoms with E-state index >= 15 is 0 Å². The van der Waals surface area contributed by atoms with E-state index in [4.69, 9.17) is 11.6 Å². The number of ether oxygens (including phenoxy) is 1. The van der Waals surface area contributed by atoms with E-state index in [2.05, 4.69) is 9.72 Å². The summed E-state index contributed by atoms with van der Waals surface area (Å²) in [5, 5.41) is 0.331. The number of carbonyl (C=O) groups excluding carboxylic acids is 1. The summed E-state index contributed by atoms with van der Waals surface area (Å²) in [6.07, 6.45) is 4.43. The molecule has 0 unspecified atom stereocenters. The van der Waals surface area contributed by atoms with Crippen molar-refractivity contribution < 1.29 is 13.9 Å². The zero-order valence-electron chi connectivity index (χ0n) is 8.04. The molecule has 0 aliphatic carbocycles. The second-order valence-corrected chi connectivity index (χ2v) is 3.12. The number of esters is 1. The maximum atomic E-state index is 12.7. The summed E-state index contributed by atoms with van der Waals surface area (Å²) >= 11 is 5.75. The van der Waals surface area contributed by atoms with Gasteiger partial charge in [-0.3, -0.25) is 4.79 Å². The molecular weight excluding hydrogens is 221 g/mol. The molecule has 1 aromatic rings. The molecule has 0 N–H and O–H groups in total. The van der Waals surface area contributed by atoms with Crippen LogP contribution in [0.15, 0.2) is 18.3 Å². The summed E-state index contributed by atoms with van der Waals surface area (Å²) in [5.41, 5.74) is 0.480. The summed E-state index contributed by atoms with van der Waals surface area (Å²) < 4.78 is 17.1. The van der Waals surface area contributed by atoms with Crippen LogP contribution in [0, 0.1) is 5.95 Å². The highest BCUT2D eigenvalue weighted by Crippen LogP contribution is 2.16. The van der Waals surface area contributed by atoms with Crippen molar-refractivity contribution in [2.45, 2.75) is 6.42 Å². The number of hydrogen-bond donors (Lipinski definition) is 0. The molecule has 0 fully saturated rings. The number of nitrogens with zero attached hydrogens (tertiary/aromatic N) is 1. The Bertz CT molecular complexity index is 393. The second-order valence-electron chi connectivity index (χ2n) is 2.71. The Labute approximate surface area is 91.5 Å². The van der Waals surface area contributed by atoms with E-state index < -0.39 is 5.95 Å². The van der Waals surface area contributed by atoms with Gasteiger partial charge in [0.2, 0.25) is 5.95 Å². The largest absolute Gasteiger partial charge is 0.469 e. The first kappa shape index (κ1) is 11.7. The topological polar surface area (TPSA) is 39.2 Å². The van der Waals surface area contributed by atoms with Gasteiger partial charge in [-0.1, -0.05) is 23.8 Å². The Kier molecular flexibility index (Phi) is 4.24. The Hall–Kier alpha value is -1.42. The molecule has 1 heterocycles. The number of rotatable bonds is 3. The summed E-state index contributed by atoms with van der Waals surface area (Å²) in [6.45, 7) is 0. The summed E-state index contributed by atoms with van der Waals surface area (Å²) in [7, 11) is 1.30. The Balaban J connectivity index is 2.71. The van der Waals surface area contributed by atoms with Crippen LogP contribution in [0.1, 0.15) is 12.0 Å². The van der Waals surface area contributed by atoms with Crippen molar-refractivity contribution in [3.8, 4) is 0 Å². The molecule has 0 radical (unpaired) electrons. The van der Waals surface area contributed by atoms with Crippen LogP contribution in [0.2, 0.25) is 5.02 Å². The van der Waals surface area contributed by atoms with Gasteiger partial charge >= 0.3 is 5.97 Å². The van der Waals surface area contributed by atoms with Crippen LogP contribution in [0.3, 0.4) is 0 Å². The fraction of sp³-hybridized carbons (Fsp3) is 0.200. The van der Waals surface area contributed by atoms with Gasteiger partial charge in [0, 0.05) is 12.3 Å². The van der Waals surface area contributed by atoms with Gasteiger partial charge in [0.05, 0.1) is 18.6 Å². The number of aromatic nitrogens is 1. The van der Waals surface area contributed by atoms with Crippen LogP contribution in [0.25, 0.3) is 6.08 Å². The molecule has 0 bridgehead atoms. The molecule has 80 valence electrons. The van der Waals surface area contributed by atoms with Crippen molar-refractivity contribution in [2.24, 2.45) is 0 Å². The van der Waals surface area contributed by atoms with Gasteiger partial charge < -0.3 is 4.74 Å². The molecule has 5 heteroatoms. The van der Waals surface area contributed by atoms with E-state index in [-0.39, 0.29) is 12.4 Å². The lowest BCUT2D eigenvalue weighted by molar-refractivity contribution is -0.139. The first-order valence-electron chi connectivity index (χ1n) is 4.18. The maximum absolute atomic E-state index is 12.7. The van der Waals surface area contributed by atoms with Crippen molar-refractivity contribution in [3.05, 3.63) is 34.9 Å². The Morgan fingerprint density at radius 1 is 1.73 bits per heavy atom. The zero-order valence-corrected chi connectivity index (χ0v) is 8.79. The monoisotopic (exact) mass is 229 g/mol. The molecule has 1 rings (SSSR count). The third-order valence-electron chi connectivity index (χ3n) is 1.66. The summed E-state index contributed by atoms with van der Waals surface area (Å²) in [5.74, 6) is -0.978. The summed E-state index contributed by atoms with van der Waals surface area (Å²) in [4.78, 5) is 14.1. The predicted octanol–water partition coefficient (Wildman–Crippen LogP) is 2.45. The van der Waals surface area contributed by atoms with E-state index in [1.165, 1.54) is 19.4 Å². The number of methoxy groups -OCH3 is 1. The minimum absolute atomic E-state index is 0.122. The lowest BCUT2D eigenvalue weighted by Crippen LogP contribution is -1.96. The first-order valence-corrected chi connectivity index (χ1v) is 4.55. The van der Waals surface area contributed by atoms with E-state index in [0.29, 0.717) is 10.6 Å². The highest BCUT2D eigenvalue weighted by Gasteiger charge is 2.00. The van der Waals surface area contributed by atoms with Gasteiger partial charge in [0.1, 0.15) is 0 Å². The fourth-order valence-corrected chi connectivity index (χ4v) is 1.09. The predicted molar refractivity (Wildman–Crippen MR) is 54.9 cm³/mol. The molecule has 0 aliphatic rings. The molecule has 0 amide bonds. The molecule has 0 saturated heterocycles. The molecule has 0 aromatic carbocycles. The van der Waals surface area contributed by atoms with Crippen LogP contribution < -0.4 is 0 Å². The van der Waals surface area contributed by atoms with E-state index in [1.54, 1.807) is 12.2 Å². The fourth-order valence-electron chi connectivity index (χ4n) is 0.921. The van der Waals surface area contributed by atoms with Crippen LogP contribution in [0.5, 0.6) is 0 Å². The smallest absolute Gasteiger partial charge is 0.309 e. The maximum Gasteiger partial charge on any atom is 0.309 e. The SMILES string of the molecule is COC(=O)CC=Cc1cc(F)ncc1Cl. The van der Waals surface area contributed by atoms with Crippen LogP contribution in [-0.2, 0) is 9.53 Å². The minimum Gasteiger partial charge on any atom is -0.469 e. The van der Waals surface area contributed by atoms with Gasteiger partial charge in [0.15, 0.2) is 0 Å². The molecular formula is C10H9ClFNO2. The molecule has 0 spiro atoms. The quantitative estimate of drug-likeness (QED) is 0.590. The molecule has 15 heavy (non-hydrogen) atoms. The van der Waals surface area contributed by atoms with Crippen molar-refractivity contribution >= 4 is 23.6 Å². The van der Waals surface area contributed by atoms with Crippen LogP contribution in [-0.4, -0.2) is 18.1 Å².